The van der Waals surface area contributed by atoms with Crippen molar-refractivity contribution in [3.05, 3.63) is 70.8 Å². The van der Waals surface area contributed by atoms with Gasteiger partial charge in [0.25, 0.3) is 5.91 Å². The minimum Gasteiger partial charge on any atom is -0.393 e. The maximum Gasteiger partial charge on any atom is 0.254 e. The molecule has 2 heterocycles. The molecule has 148 valence electrons. The van der Waals surface area contributed by atoms with E-state index >= 15 is 0 Å². The molecule has 5 nitrogen and oxygen atoms in total. The van der Waals surface area contributed by atoms with Crippen LogP contribution in [-0.2, 0) is 11.2 Å². The summed E-state index contributed by atoms with van der Waals surface area (Å²) in [5.41, 5.74) is 3.48. The van der Waals surface area contributed by atoms with Gasteiger partial charge >= 0.3 is 0 Å². The predicted molar refractivity (Wildman–Crippen MR) is 110 cm³/mol. The van der Waals surface area contributed by atoms with E-state index in [2.05, 4.69) is 11.8 Å². The highest BCUT2D eigenvalue weighted by Gasteiger charge is 2.28. The predicted octanol–water partition coefficient (Wildman–Crippen LogP) is 2.07. The number of carbonyl (C=O) groups is 2. The summed E-state index contributed by atoms with van der Waals surface area (Å²) in [6, 6.07) is 15.5. The van der Waals surface area contributed by atoms with Gasteiger partial charge in [0.2, 0.25) is 5.91 Å². The van der Waals surface area contributed by atoms with Crippen LogP contribution < -0.4 is 0 Å². The third-order valence-electron chi connectivity index (χ3n) is 5.54. The normalized spacial score (nSPS) is 16.8. The van der Waals surface area contributed by atoms with E-state index in [4.69, 9.17) is 0 Å². The van der Waals surface area contributed by atoms with Crippen molar-refractivity contribution in [2.45, 2.75) is 25.4 Å². The van der Waals surface area contributed by atoms with E-state index in [-0.39, 0.29) is 24.5 Å². The van der Waals surface area contributed by atoms with Gasteiger partial charge in [0.15, 0.2) is 0 Å². The second kappa shape index (κ2) is 8.50. The summed E-state index contributed by atoms with van der Waals surface area (Å²) in [6.07, 6.45) is 1.61. The van der Waals surface area contributed by atoms with Crippen molar-refractivity contribution < 1.29 is 14.7 Å². The average Bonchev–Trinajstić information content (AvgIpc) is 2.75. The standard InChI is InChI=1S/C24H24N2O3/c27-21-11-14-25(15-12-21)23(28)17-26-13-10-20-16-19(8-9-22(20)24(26)29)7-6-18-4-2-1-3-5-18/h1-5,8-9,16,21,27H,10-15,17H2. The Bertz CT molecular complexity index is 967. The summed E-state index contributed by atoms with van der Waals surface area (Å²) in [5, 5.41) is 9.59. The van der Waals surface area contributed by atoms with Crippen molar-refractivity contribution in [3.63, 3.8) is 0 Å². The maximum absolute atomic E-state index is 12.9. The van der Waals surface area contributed by atoms with Crippen LogP contribution in [0.2, 0.25) is 0 Å². The molecule has 2 aliphatic rings. The number of hydrogen-bond donors (Lipinski definition) is 1. The van der Waals surface area contributed by atoms with E-state index in [1.165, 1.54) is 0 Å². The maximum atomic E-state index is 12.9. The van der Waals surface area contributed by atoms with Crippen LogP contribution in [-0.4, -0.2) is 59.0 Å². The highest BCUT2D eigenvalue weighted by atomic mass is 16.3. The lowest BCUT2D eigenvalue weighted by atomic mass is 9.96. The number of benzene rings is 2. The Balaban J connectivity index is 1.43. The van der Waals surface area contributed by atoms with Crippen LogP contribution in [0.15, 0.2) is 48.5 Å². The molecular formula is C24H24N2O3. The van der Waals surface area contributed by atoms with Crippen molar-refractivity contribution in [2.75, 3.05) is 26.2 Å². The molecule has 0 aromatic heterocycles. The highest BCUT2D eigenvalue weighted by molar-refractivity contribution is 5.98. The van der Waals surface area contributed by atoms with Gasteiger partial charge in [0.05, 0.1) is 6.10 Å². The molecule has 1 saturated heterocycles. The van der Waals surface area contributed by atoms with Crippen LogP contribution in [0.5, 0.6) is 0 Å². The Kier molecular flexibility index (Phi) is 5.64. The van der Waals surface area contributed by atoms with Crippen molar-refractivity contribution >= 4 is 11.8 Å². The summed E-state index contributed by atoms with van der Waals surface area (Å²) >= 11 is 0. The van der Waals surface area contributed by atoms with Crippen LogP contribution in [0.3, 0.4) is 0 Å². The minimum absolute atomic E-state index is 0.0425. The third kappa shape index (κ3) is 4.49. The molecule has 1 fully saturated rings. The first-order chi connectivity index (χ1) is 14.1. The van der Waals surface area contributed by atoms with E-state index in [0.29, 0.717) is 44.5 Å². The van der Waals surface area contributed by atoms with Crippen LogP contribution in [0, 0.1) is 11.8 Å². The fraction of sp³-hybridized carbons (Fsp3) is 0.333. The molecular weight excluding hydrogens is 364 g/mol. The number of aliphatic hydroxyl groups is 1. The molecule has 4 rings (SSSR count). The zero-order valence-electron chi connectivity index (χ0n) is 16.3. The van der Waals surface area contributed by atoms with E-state index in [0.717, 1.165) is 16.7 Å². The second-order valence-electron chi connectivity index (χ2n) is 7.58. The molecule has 0 bridgehead atoms. The largest absolute Gasteiger partial charge is 0.393 e. The summed E-state index contributed by atoms with van der Waals surface area (Å²) in [4.78, 5) is 28.8. The molecule has 0 spiro atoms. The van der Waals surface area contributed by atoms with Gasteiger partial charge < -0.3 is 14.9 Å². The third-order valence-corrected chi connectivity index (χ3v) is 5.54. The van der Waals surface area contributed by atoms with E-state index in [1.807, 2.05) is 48.5 Å². The Morgan fingerprint density at radius 1 is 1.00 bits per heavy atom. The number of rotatable bonds is 2. The highest BCUT2D eigenvalue weighted by Crippen LogP contribution is 2.21. The Labute approximate surface area is 170 Å². The number of fused-ring (bicyclic) bond motifs is 1. The average molecular weight is 388 g/mol. The monoisotopic (exact) mass is 388 g/mol. The van der Waals surface area contributed by atoms with Gasteiger partial charge in [-0.1, -0.05) is 30.0 Å². The zero-order chi connectivity index (χ0) is 20.2. The van der Waals surface area contributed by atoms with Gasteiger partial charge in [-0.3, -0.25) is 9.59 Å². The van der Waals surface area contributed by atoms with Crippen LogP contribution in [0.4, 0.5) is 0 Å². The van der Waals surface area contributed by atoms with E-state index in [9.17, 15) is 14.7 Å². The molecule has 0 atom stereocenters. The van der Waals surface area contributed by atoms with Crippen molar-refractivity contribution in [1.29, 1.82) is 0 Å². The topological polar surface area (TPSA) is 60.9 Å². The number of piperidine rings is 1. The SMILES string of the molecule is O=C(CN1CCc2cc(C#Cc3ccccc3)ccc2C1=O)N1CCC(O)CC1. The quantitative estimate of drug-likeness (QED) is 0.802. The first-order valence-corrected chi connectivity index (χ1v) is 10.1. The lowest BCUT2D eigenvalue weighted by Crippen LogP contribution is -2.48. The zero-order valence-corrected chi connectivity index (χ0v) is 16.3. The van der Waals surface area contributed by atoms with E-state index < -0.39 is 0 Å². The van der Waals surface area contributed by atoms with Crippen LogP contribution in [0.25, 0.3) is 0 Å². The fourth-order valence-electron chi connectivity index (χ4n) is 3.81. The smallest absolute Gasteiger partial charge is 0.254 e. The molecule has 2 amide bonds. The molecule has 2 aromatic carbocycles. The first-order valence-electron chi connectivity index (χ1n) is 10.1. The number of carbonyl (C=O) groups excluding carboxylic acids is 2. The summed E-state index contributed by atoms with van der Waals surface area (Å²) in [5.74, 6) is 6.16. The molecule has 0 unspecified atom stereocenters. The van der Waals surface area contributed by atoms with E-state index in [1.54, 1.807) is 9.80 Å². The number of hydrogen-bond acceptors (Lipinski definition) is 3. The Morgan fingerprint density at radius 3 is 2.48 bits per heavy atom. The molecule has 2 aromatic rings. The number of aliphatic hydroxyl groups excluding tert-OH is 1. The van der Waals surface area contributed by atoms with Crippen molar-refractivity contribution in [1.82, 2.24) is 9.80 Å². The molecule has 0 saturated carbocycles. The van der Waals surface area contributed by atoms with Gasteiger partial charge in [-0.05, 0) is 55.2 Å². The lowest BCUT2D eigenvalue weighted by Gasteiger charge is -2.33. The van der Waals surface area contributed by atoms with Crippen LogP contribution >= 0.6 is 0 Å². The number of likely N-dealkylation sites (tertiary alicyclic amines) is 1. The molecule has 0 radical (unpaired) electrons. The Hall–Kier alpha value is -3.10. The van der Waals surface area contributed by atoms with Gasteiger partial charge in [-0.25, -0.2) is 0 Å². The van der Waals surface area contributed by atoms with Gasteiger partial charge in [0.1, 0.15) is 6.54 Å². The molecule has 5 heteroatoms. The van der Waals surface area contributed by atoms with Gasteiger partial charge in [-0.15, -0.1) is 0 Å². The molecule has 0 aliphatic carbocycles. The number of amides is 2. The molecule has 2 aliphatic heterocycles. The Morgan fingerprint density at radius 2 is 1.72 bits per heavy atom. The lowest BCUT2D eigenvalue weighted by molar-refractivity contribution is -0.133. The minimum atomic E-state index is -0.318. The van der Waals surface area contributed by atoms with Crippen molar-refractivity contribution in [3.8, 4) is 11.8 Å². The second-order valence-corrected chi connectivity index (χ2v) is 7.58. The number of nitrogens with zero attached hydrogens (tertiary/aromatic N) is 2. The molecule has 29 heavy (non-hydrogen) atoms. The summed E-state index contributed by atoms with van der Waals surface area (Å²) < 4.78 is 0. The van der Waals surface area contributed by atoms with Crippen LogP contribution in [0.1, 0.15) is 39.9 Å². The van der Waals surface area contributed by atoms with Gasteiger partial charge in [-0.2, -0.15) is 0 Å². The summed E-state index contributed by atoms with van der Waals surface area (Å²) in [6.45, 7) is 1.75. The fourth-order valence-corrected chi connectivity index (χ4v) is 3.81. The van der Waals surface area contributed by atoms with Gasteiger partial charge in [0, 0.05) is 36.3 Å². The first kappa shape index (κ1) is 19.2. The molecule has 1 N–H and O–H groups in total. The summed E-state index contributed by atoms with van der Waals surface area (Å²) in [7, 11) is 0. The van der Waals surface area contributed by atoms with Crippen molar-refractivity contribution in [2.24, 2.45) is 0 Å².